The predicted molar refractivity (Wildman–Crippen MR) is 84.5 cm³/mol. The Morgan fingerprint density at radius 2 is 1.86 bits per heavy atom. The van der Waals surface area contributed by atoms with E-state index >= 15 is 0 Å². The van der Waals surface area contributed by atoms with E-state index in [2.05, 4.69) is 17.0 Å². The number of carbonyl (C=O) groups excluding carboxylic acids is 1. The standard InChI is InChI=1S/C15H24N2O3S/c1-2-3-7-11-16-15(18)13-17-21(19,20)12-10-14-8-5-4-6-9-14/h4-6,8-9,17H,2-3,7,10-13H2,1H3,(H,16,18). The summed E-state index contributed by atoms with van der Waals surface area (Å²) in [6, 6.07) is 9.41. The molecule has 1 aromatic rings. The molecule has 1 rings (SSSR count). The van der Waals surface area contributed by atoms with Crippen molar-refractivity contribution in [1.29, 1.82) is 0 Å². The molecule has 0 aromatic heterocycles. The monoisotopic (exact) mass is 312 g/mol. The molecule has 0 aliphatic carbocycles. The molecule has 0 saturated heterocycles. The zero-order valence-electron chi connectivity index (χ0n) is 12.5. The molecule has 1 amide bonds. The molecule has 0 unspecified atom stereocenters. The largest absolute Gasteiger partial charge is 0.355 e. The lowest BCUT2D eigenvalue weighted by molar-refractivity contribution is -0.119. The van der Waals surface area contributed by atoms with Crippen LogP contribution >= 0.6 is 0 Å². The van der Waals surface area contributed by atoms with Gasteiger partial charge in [-0.25, -0.2) is 13.1 Å². The van der Waals surface area contributed by atoms with Gasteiger partial charge in [-0.15, -0.1) is 0 Å². The molecule has 0 atom stereocenters. The minimum absolute atomic E-state index is 0.0138. The highest BCUT2D eigenvalue weighted by Crippen LogP contribution is 2.01. The van der Waals surface area contributed by atoms with Crippen molar-refractivity contribution in [2.45, 2.75) is 32.6 Å². The van der Waals surface area contributed by atoms with Crippen molar-refractivity contribution in [2.75, 3.05) is 18.8 Å². The predicted octanol–water partition coefficient (Wildman–Crippen LogP) is 1.45. The van der Waals surface area contributed by atoms with Crippen LogP contribution in [0.5, 0.6) is 0 Å². The number of rotatable bonds is 10. The second-order valence-electron chi connectivity index (χ2n) is 4.93. The van der Waals surface area contributed by atoms with Gasteiger partial charge in [0.2, 0.25) is 15.9 Å². The first kappa shape index (κ1) is 17.7. The Morgan fingerprint density at radius 3 is 2.52 bits per heavy atom. The Hall–Kier alpha value is -1.40. The van der Waals surface area contributed by atoms with Gasteiger partial charge in [-0.05, 0) is 18.4 Å². The van der Waals surface area contributed by atoms with Crippen molar-refractivity contribution in [3.05, 3.63) is 35.9 Å². The number of benzene rings is 1. The first-order chi connectivity index (χ1) is 10.0. The van der Waals surface area contributed by atoms with Crippen LogP contribution < -0.4 is 10.0 Å². The van der Waals surface area contributed by atoms with E-state index in [1.807, 2.05) is 30.3 Å². The summed E-state index contributed by atoms with van der Waals surface area (Å²) in [5.41, 5.74) is 0.965. The van der Waals surface area contributed by atoms with E-state index in [-0.39, 0.29) is 18.2 Å². The molecule has 2 N–H and O–H groups in total. The van der Waals surface area contributed by atoms with Crippen molar-refractivity contribution >= 4 is 15.9 Å². The third-order valence-corrected chi connectivity index (χ3v) is 4.38. The Bertz CT molecular complexity index is 515. The number of sulfonamides is 1. The lowest BCUT2D eigenvalue weighted by Crippen LogP contribution is -2.38. The van der Waals surface area contributed by atoms with E-state index in [4.69, 9.17) is 0 Å². The van der Waals surface area contributed by atoms with E-state index in [0.717, 1.165) is 24.8 Å². The molecule has 0 bridgehead atoms. The smallest absolute Gasteiger partial charge is 0.235 e. The molecule has 21 heavy (non-hydrogen) atoms. The number of aryl methyl sites for hydroxylation is 1. The summed E-state index contributed by atoms with van der Waals surface area (Å²) < 4.78 is 25.9. The molecule has 0 heterocycles. The van der Waals surface area contributed by atoms with Gasteiger partial charge in [0.15, 0.2) is 0 Å². The van der Waals surface area contributed by atoms with Gasteiger partial charge in [-0.2, -0.15) is 0 Å². The van der Waals surface area contributed by atoms with Crippen molar-refractivity contribution in [3.8, 4) is 0 Å². The summed E-state index contributed by atoms with van der Waals surface area (Å²) in [5.74, 6) is -0.297. The number of hydrogen-bond acceptors (Lipinski definition) is 3. The molecule has 5 nitrogen and oxygen atoms in total. The van der Waals surface area contributed by atoms with Crippen LogP contribution in [0.3, 0.4) is 0 Å². The minimum Gasteiger partial charge on any atom is -0.355 e. The summed E-state index contributed by atoms with van der Waals surface area (Å²) in [6.45, 7) is 2.49. The Balaban J connectivity index is 2.24. The van der Waals surface area contributed by atoms with E-state index in [9.17, 15) is 13.2 Å². The van der Waals surface area contributed by atoms with Crippen LogP contribution in [-0.2, 0) is 21.2 Å². The fraction of sp³-hybridized carbons (Fsp3) is 0.533. The van der Waals surface area contributed by atoms with Crippen LogP contribution in [0.15, 0.2) is 30.3 Å². The van der Waals surface area contributed by atoms with Crippen LogP contribution in [0.4, 0.5) is 0 Å². The third kappa shape index (κ3) is 8.47. The molecule has 0 aliphatic rings. The van der Waals surface area contributed by atoms with Crippen molar-refractivity contribution in [2.24, 2.45) is 0 Å². The van der Waals surface area contributed by atoms with Crippen LogP contribution in [0, 0.1) is 0 Å². The van der Waals surface area contributed by atoms with Gasteiger partial charge in [-0.3, -0.25) is 4.79 Å². The highest BCUT2D eigenvalue weighted by Gasteiger charge is 2.12. The second kappa shape index (κ2) is 9.52. The SMILES string of the molecule is CCCCCNC(=O)CNS(=O)(=O)CCc1ccccc1. The average molecular weight is 312 g/mol. The van der Waals surface area contributed by atoms with E-state index in [1.165, 1.54) is 0 Å². The van der Waals surface area contributed by atoms with Crippen LogP contribution in [0.1, 0.15) is 31.7 Å². The average Bonchev–Trinajstić information content (AvgIpc) is 2.49. The van der Waals surface area contributed by atoms with E-state index in [1.54, 1.807) is 0 Å². The first-order valence-electron chi connectivity index (χ1n) is 7.31. The van der Waals surface area contributed by atoms with E-state index in [0.29, 0.717) is 13.0 Å². The summed E-state index contributed by atoms with van der Waals surface area (Å²) in [6.07, 6.45) is 3.50. The number of carbonyl (C=O) groups is 1. The van der Waals surface area contributed by atoms with Gasteiger partial charge in [0.25, 0.3) is 0 Å². The maximum Gasteiger partial charge on any atom is 0.235 e. The molecule has 0 saturated carbocycles. The zero-order valence-corrected chi connectivity index (χ0v) is 13.3. The molecular formula is C15H24N2O3S. The van der Waals surface area contributed by atoms with Crippen LogP contribution in [0.25, 0.3) is 0 Å². The molecule has 1 aromatic carbocycles. The quantitative estimate of drug-likeness (QED) is 0.642. The van der Waals surface area contributed by atoms with Gasteiger partial charge in [0.1, 0.15) is 0 Å². The van der Waals surface area contributed by atoms with Crippen molar-refractivity contribution < 1.29 is 13.2 Å². The Labute approximate surface area is 127 Å². The highest BCUT2D eigenvalue weighted by molar-refractivity contribution is 7.89. The van der Waals surface area contributed by atoms with Gasteiger partial charge in [-0.1, -0.05) is 50.1 Å². The van der Waals surface area contributed by atoms with Gasteiger partial charge >= 0.3 is 0 Å². The fourth-order valence-electron chi connectivity index (χ4n) is 1.81. The molecule has 0 radical (unpaired) electrons. The maximum absolute atomic E-state index is 11.8. The highest BCUT2D eigenvalue weighted by atomic mass is 32.2. The van der Waals surface area contributed by atoms with Crippen molar-refractivity contribution in [1.82, 2.24) is 10.0 Å². The molecule has 0 fully saturated rings. The molecular weight excluding hydrogens is 288 g/mol. The number of unbranched alkanes of at least 4 members (excludes halogenated alkanes) is 2. The molecule has 0 aliphatic heterocycles. The Kier molecular flexibility index (Phi) is 8.00. The maximum atomic E-state index is 11.8. The molecule has 0 spiro atoms. The molecule has 6 heteroatoms. The number of hydrogen-bond donors (Lipinski definition) is 2. The van der Waals surface area contributed by atoms with Gasteiger partial charge in [0, 0.05) is 6.54 Å². The first-order valence-corrected chi connectivity index (χ1v) is 8.96. The zero-order chi connectivity index (χ0) is 15.6. The number of amides is 1. The number of nitrogens with one attached hydrogen (secondary N) is 2. The summed E-state index contributed by atoms with van der Waals surface area (Å²) >= 11 is 0. The lowest BCUT2D eigenvalue weighted by Gasteiger charge is -2.07. The summed E-state index contributed by atoms with van der Waals surface area (Å²) in [4.78, 5) is 11.5. The van der Waals surface area contributed by atoms with Crippen LogP contribution in [0.2, 0.25) is 0 Å². The normalized spacial score (nSPS) is 11.3. The van der Waals surface area contributed by atoms with Crippen LogP contribution in [-0.4, -0.2) is 33.2 Å². The van der Waals surface area contributed by atoms with Crippen molar-refractivity contribution in [3.63, 3.8) is 0 Å². The summed E-state index contributed by atoms with van der Waals surface area (Å²) in [7, 11) is -3.42. The third-order valence-electron chi connectivity index (χ3n) is 3.06. The topological polar surface area (TPSA) is 75.3 Å². The summed E-state index contributed by atoms with van der Waals surface area (Å²) in [5, 5.41) is 2.70. The molecule has 118 valence electrons. The Morgan fingerprint density at radius 1 is 1.14 bits per heavy atom. The van der Waals surface area contributed by atoms with Gasteiger partial charge < -0.3 is 5.32 Å². The van der Waals surface area contributed by atoms with Gasteiger partial charge in [0.05, 0.1) is 12.3 Å². The van der Waals surface area contributed by atoms with E-state index < -0.39 is 10.0 Å². The lowest BCUT2D eigenvalue weighted by atomic mass is 10.2. The minimum atomic E-state index is -3.42. The second-order valence-corrected chi connectivity index (χ2v) is 6.86. The fourth-order valence-corrected chi connectivity index (χ4v) is 2.81.